The Morgan fingerprint density at radius 3 is 2.53 bits per heavy atom. The topological polar surface area (TPSA) is 92.5 Å². The minimum absolute atomic E-state index is 0.127. The van der Waals surface area contributed by atoms with Crippen LogP contribution in [-0.4, -0.2) is 37.7 Å². The van der Waals surface area contributed by atoms with Gasteiger partial charge in [0.25, 0.3) is 0 Å². The average molecular weight is 262 g/mol. The number of amides is 2. The molecule has 6 nitrogen and oxygen atoms in total. The van der Waals surface area contributed by atoms with E-state index in [1.807, 2.05) is 0 Å². The highest BCUT2D eigenvalue weighted by atomic mass is 16.2. The maximum Gasteiger partial charge on any atom is 0.244 e. The lowest BCUT2D eigenvalue weighted by atomic mass is 10.1. The first-order chi connectivity index (χ1) is 9.10. The molecule has 3 N–H and O–H groups in total. The molecule has 1 aromatic rings. The first-order valence-corrected chi connectivity index (χ1v) is 5.77. The third-order valence-electron chi connectivity index (χ3n) is 2.56. The molecule has 1 unspecified atom stereocenters. The van der Waals surface area contributed by atoms with E-state index in [1.165, 1.54) is 11.9 Å². The molecule has 0 saturated carbocycles. The van der Waals surface area contributed by atoms with Crippen molar-refractivity contribution in [1.82, 2.24) is 5.32 Å². The lowest BCUT2D eigenvalue weighted by Crippen LogP contribution is -2.46. The Bertz CT molecular complexity index is 448. The fourth-order valence-corrected chi connectivity index (χ4v) is 1.56. The molecule has 0 heterocycles. The molecule has 0 aromatic heterocycles. The number of anilines is 1. The highest BCUT2D eigenvalue weighted by molar-refractivity contribution is 6.01. The van der Waals surface area contributed by atoms with E-state index in [0.717, 1.165) is 0 Å². The van der Waals surface area contributed by atoms with Gasteiger partial charge >= 0.3 is 0 Å². The second-order valence-corrected chi connectivity index (χ2v) is 3.89. The van der Waals surface area contributed by atoms with E-state index in [4.69, 9.17) is 5.73 Å². The van der Waals surface area contributed by atoms with Gasteiger partial charge in [-0.2, -0.15) is 0 Å². The van der Waals surface area contributed by atoms with Crippen LogP contribution in [0.2, 0.25) is 0 Å². The van der Waals surface area contributed by atoms with Gasteiger partial charge in [0.2, 0.25) is 18.1 Å². The zero-order valence-corrected chi connectivity index (χ0v) is 10.6. The minimum atomic E-state index is -0.992. The van der Waals surface area contributed by atoms with Crippen molar-refractivity contribution in [1.29, 1.82) is 0 Å². The highest BCUT2D eigenvalue weighted by Gasteiger charge is 2.24. The summed E-state index contributed by atoms with van der Waals surface area (Å²) in [6.07, 6.45) is 1.54. The Morgan fingerprint density at radius 1 is 1.37 bits per heavy atom. The van der Waals surface area contributed by atoms with Crippen molar-refractivity contribution in [2.24, 2.45) is 5.73 Å². The number of benzene rings is 1. The average Bonchev–Trinajstić information content (AvgIpc) is 2.44. The quantitative estimate of drug-likeness (QED) is 0.729. The van der Waals surface area contributed by atoms with Gasteiger partial charge in [-0.25, -0.2) is 0 Å². The first-order valence-electron chi connectivity index (χ1n) is 5.77. The highest BCUT2D eigenvalue weighted by Crippen LogP contribution is 2.14. The normalized spacial score (nSPS) is 11.5. The summed E-state index contributed by atoms with van der Waals surface area (Å²) in [4.78, 5) is 35.1. The Labute approximate surface area is 111 Å². The van der Waals surface area contributed by atoms with Gasteiger partial charge in [0.05, 0.1) is 19.0 Å². The molecule has 1 aromatic carbocycles. The van der Waals surface area contributed by atoms with Crippen LogP contribution in [0.4, 0.5) is 5.69 Å². The summed E-state index contributed by atoms with van der Waals surface area (Å²) in [5.74, 6) is -0.818. The molecule has 0 aliphatic carbocycles. The van der Waals surface area contributed by atoms with Crippen molar-refractivity contribution >= 4 is 23.8 Å². The number of nitrogens with zero attached hydrogens (tertiary/aromatic N) is 1. The molecular weight excluding hydrogens is 246 g/mol. The van der Waals surface area contributed by atoms with Gasteiger partial charge in [0.1, 0.15) is 0 Å². The number of nitrogens with one attached hydrogen (secondary N) is 1. The van der Waals surface area contributed by atoms with Gasteiger partial charge < -0.3 is 16.0 Å². The summed E-state index contributed by atoms with van der Waals surface area (Å²) >= 11 is 0. The second kappa shape index (κ2) is 7.27. The fraction of sp³-hybridized carbons (Fsp3) is 0.308. The summed E-state index contributed by atoms with van der Waals surface area (Å²) in [5.41, 5.74) is 6.22. The molecule has 101 valence electrons. The molecule has 0 aliphatic rings. The van der Waals surface area contributed by atoms with Gasteiger partial charge in [-0.05, 0) is 12.1 Å². The standard InChI is InChI=1S/C13H16N3O3/c1-15-12(18)9-11(14)13(19)16(7-8-17)10-5-3-2-4-6-10/h2-6,11H,7,9,14H2,1H3,(H,15,18). The molecule has 0 spiro atoms. The third kappa shape index (κ3) is 4.18. The van der Waals surface area contributed by atoms with E-state index < -0.39 is 11.9 Å². The van der Waals surface area contributed by atoms with E-state index in [2.05, 4.69) is 5.32 Å². The van der Waals surface area contributed by atoms with Crippen molar-refractivity contribution in [2.75, 3.05) is 18.5 Å². The SMILES string of the molecule is CNC(=O)CC(N)C(=O)N(C[C]=O)c1ccccc1. The van der Waals surface area contributed by atoms with Gasteiger partial charge in [-0.3, -0.25) is 14.4 Å². The molecule has 19 heavy (non-hydrogen) atoms. The lowest BCUT2D eigenvalue weighted by Gasteiger charge is -2.23. The van der Waals surface area contributed by atoms with Gasteiger partial charge in [-0.15, -0.1) is 0 Å². The van der Waals surface area contributed by atoms with Crippen LogP contribution < -0.4 is 16.0 Å². The fourth-order valence-electron chi connectivity index (χ4n) is 1.56. The van der Waals surface area contributed by atoms with Crippen LogP contribution in [-0.2, 0) is 14.4 Å². The predicted molar refractivity (Wildman–Crippen MR) is 71.1 cm³/mol. The lowest BCUT2D eigenvalue weighted by molar-refractivity contribution is -0.125. The molecule has 1 rings (SSSR count). The number of rotatable bonds is 6. The monoisotopic (exact) mass is 262 g/mol. The molecule has 2 amide bonds. The van der Waals surface area contributed by atoms with Crippen molar-refractivity contribution in [3.63, 3.8) is 0 Å². The van der Waals surface area contributed by atoms with Crippen molar-refractivity contribution in [2.45, 2.75) is 12.5 Å². The van der Waals surface area contributed by atoms with Gasteiger partial charge in [0, 0.05) is 12.7 Å². The van der Waals surface area contributed by atoms with E-state index in [9.17, 15) is 14.4 Å². The Kier molecular flexibility index (Phi) is 5.69. The Morgan fingerprint density at radius 2 is 2.00 bits per heavy atom. The number of carbonyl (C=O) groups is 2. The smallest absolute Gasteiger partial charge is 0.244 e. The summed E-state index contributed by atoms with van der Waals surface area (Å²) < 4.78 is 0. The summed E-state index contributed by atoms with van der Waals surface area (Å²) in [5, 5.41) is 2.39. The van der Waals surface area contributed by atoms with Crippen molar-refractivity contribution in [3.8, 4) is 0 Å². The molecule has 0 saturated heterocycles. The third-order valence-corrected chi connectivity index (χ3v) is 2.56. The number of hydrogen-bond donors (Lipinski definition) is 2. The predicted octanol–water partition coefficient (Wildman–Crippen LogP) is -0.407. The van der Waals surface area contributed by atoms with Crippen molar-refractivity contribution in [3.05, 3.63) is 30.3 Å². The maximum absolute atomic E-state index is 12.1. The summed E-state index contributed by atoms with van der Waals surface area (Å²) in [6, 6.07) is 7.65. The zero-order chi connectivity index (χ0) is 14.3. The van der Waals surface area contributed by atoms with Crippen LogP contribution >= 0.6 is 0 Å². The zero-order valence-electron chi connectivity index (χ0n) is 10.6. The molecule has 0 bridgehead atoms. The molecule has 1 atom stereocenters. The largest absolute Gasteiger partial charge is 0.359 e. The molecular formula is C13H16N3O3. The van der Waals surface area contributed by atoms with Crippen molar-refractivity contribution < 1.29 is 14.4 Å². The molecule has 0 aliphatic heterocycles. The Balaban J connectivity index is 2.84. The van der Waals surface area contributed by atoms with Gasteiger partial charge in [0.15, 0.2) is 0 Å². The molecule has 0 fully saturated rings. The second-order valence-electron chi connectivity index (χ2n) is 3.89. The van der Waals surface area contributed by atoms with Crippen LogP contribution in [0.15, 0.2) is 30.3 Å². The van der Waals surface area contributed by atoms with Crippen LogP contribution in [0.5, 0.6) is 0 Å². The first kappa shape index (κ1) is 14.8. The van der Waals surface area contributed by atoms with Crippen LogP contribution in [0, 0.1) is 0 Å². The summed E-state index contributed by atoms with van der Waals surface area (Å²) in [6.45, 7) is -0.218. The number of nitrogens with two attached hydrogens (primary N) is 1. The van der Waals surface area contributed by atoms with E-state index in [0.29, 0.717) is 5.69 Å². The number of carbonyl (C=O) groups excluding carboxylic acids is 3. The van der Waals surface area contributed by atoms with E-state index in [-0.39, 0.29) is 18.9 Å². The maximum atomic E-state index is 12.1. The van der Waals surface area contributed by atoms with Crippen LogP contribution in [0.25, 0.3) is 0 Å². The minimum Gasteiger partial charge on any atom is -0.359 e. The molecule has 1 radical (unpaired) electrons. The van der Waals surface area contributed by atoms with Crippen LogP contribution in [0.3, 0.4) is 0 Å². The summed E-state index contributed by atoms with van der Waals surface area (Å²) in [7, 11) is 1.47. The van der Waals surface area contributed by atoms with E-state index >= 15 is 0 Å². The number of para-hydroxylation sites is 1. The number of hydrogen-bond acceptors (Lipinski definition) is 4. The van der Waals surface area contributed by atoms with E-state index in [1.54, 1.807) is 36.6 Å². The molecule has 6 heteroatoms. The van der Waals surface area contributed by atoms with Gasteiger partial charge in [-0.1, -0.05) is 18.2 Å². The Hall–Kier alpha value is -2.21. The van der Waals surface area contributed by atoms with Crippen LogP contribution in [0.1, 0.15) is 6.42 Å².